The summed E-state index contributed by atoms with van der Waals surface area (Å²) in [6.45, 7) is 4.34. The van der Waals surface area contributed by atoms with E-state index in [1.54, 1.807) is 11.3 Å². The molecule has 2 rings (SSSR count). The first-order valence-electron chi connectivity index (χ1n) is 5.57. The normalized spacial score (nSPS) is 14.5. The number of thiazole rings is 1. The number of rotatable bonds is 4. The Morgan fingerprint density at radius 3 is 2.47 bits per heavy atom. The van der Waals surface area contributed by atoms with Gasteiger partial charge >= 0.3 is 0 Å². The van der Waals surface area contributed by atoms with Crippen LogP contribution in [0.15, 0.2) is 35.8 Å². The minimum atomic E-state index is 0.296. The van der Waals surface area contributed by atoms with Gasteiger partial charge in [0, 0.05) is 21.2 Å². The van der Waals surface area contributed by atoms with Gasteiger partial charge in [-0.2, -0.15) is 0 Å². The van der Waals surface area contributed by atoms with Crippen molar-refractivity contribution in [3.63, 3.8) is 0 Å². The predicted octanol–water partition coefficient (Wildman–Crippen LogP) is 4.16. The van der Waals surface area contributed by atoms with Crippen molar-refractivity contribution >= 4 is 33.9 Å². The molecule has 2 atom stereocenters. The van der Waals surface area contributed by atoms with Crippen molar-refractivity contribution in [2.45, 2.75) is 25.9 Å². The molecule has 0 saturated heterocycles. The molecule has 2 aromatic rings. The van der Waals surface area contributed by atoms with E-state index >= 15 is 0 Å². The number of hydrogen-bond acceptors (Lipinski definition) is 3. The van der Waals surface area contributed by atoms with Crippen molar-refractivity contribution in [2.24, 2.45) is 0 Å². The molecule has 0 radical (unpaired) electrons. The first-order chi connectivity index (χ1) is 8.16. The zero-order chi connectivity index (χ0) is 12.3. The minimum absolute atomic E-state index is 0.296. The van der Waals surface area contributed by atoms with E-state index in [0.717, 1.165) is 5.01 Å². The summed E-state index contributed by atoms with van der Waals surface area (Å²) < 4.78 is 1.27. The van der Waals surface area contributed by atoms with E-state index in [2.05, 4.69) is 71.0 Å². The van der Waals surface area contributed by atoms with Crippen molar-refractivity contribution in [1.29, 1.82) is 0 Å². The van der Waals surface area contributed by atoms with E-state index in [0.29, 0.717) is 12.1 Å². The first kappa shape index (κ1) is 13.0. The van der Waals surface area contributed by atoms with Crippen LogP contribution in [-0.2, 0) is 0 Å². The Hall–Kier alpha value is -0.460. The Bertz CT molecular complexity index is 453. The lowest BCUT2D eigenvalue weighted by Gasteiger charge is -2.18. The van der Waals surface area contributed by atoms with Crippen molar-refractivity contribution in [3.05, 3.63) is 50.0 Å². The number of benzene rings is 1. The maximum atomic E-state index is 4.33. The lowest BCUT2D eigenvalue weighted by Crippen LogP contribution is -2.22. The second kappa shape index (κ2) is 5.93. The van der Waals surface area contributed by atoms with E-state index < -0.39 is 0 Å². The summed E-state index contributed by atoms with van der Waals surface area (Å²) in [5, 5.41) is 6.72. The van der Waals surface area contributed by atoms with Crippen LogP contribution < -0.4 is 5.32 Å². The summed E-state index contributed by atoms with van der Waals surface area (Å²) in [6.07, 6.45) is 1.85. The number of hydrogen-bond donors (Lipinski definition) is 1. The summed E-state index contributed by atoms with van der Waals surface area (Å²) in [5.41, 5.74) is 1.31. The molecule has 0 saturated carbocycles. The van der Waals surface area contributed by atoms with Crippen LogP contribution in [0.3, 0.4) is 0 Å². The van der Waals surface area contributed by atoms with Gasteiger partial charge < -0.3 is 5.32 Å². The van der Waals surface area contributed by atoms with Gasteiger partial charge in [-0.25, -0.2) is 4.98 Å². The second-order valence-corrected chi connectivity index (χ2v) is 6.20. The van der Waals surface area contributed by atoms with Gasteiger partial charge in [0.1, 0.15) is 5.01 Å². The molecule has 0 fully saturated rings. The number of halogens is 1. The molecule has 0 amide bonds. The SMILES string of the molecule is CC(NC(C)c1nccs1)c1ccc(I)cc1. The molecule has 17 heavy (non-hydrogen) atoms. The highest BCUT2D eigenvalue weighted by Gasteiger charge is 2.12. The molecule has 1 aromatic heterocycles. The first-order valence-corrected chi connectivity index (χ1v) is 7.53. The van der Waals surface area contributed by atoms with Gasteiger partial charge in [0.15, 0.2) is 0 Å². The Morgan fingerprint density at radius 1 is 1.18 bits per heavy atom. The molecule has 0 aliphatic heterocycles. The van der Waals surface area contributed by atoms with Gasteiger partial charge in [0.05, 0.1) is 6.04 Å². The third-order valence-corrected chi connectivity index (χ3v) is 4.37. The smallest absolute Gasteiger partial charge is 0.109 e. The highest BCUT2D eigenvalue weighted by Crippen LogP contribution is 2.21. The molecule has 2 unspecified atom stereocenters. The van der Waals surface area contributed by atoms with E-state index in [9.17, 15) is 0 Å². The minimum Gasteiger partial charge on any atom is -0.302 e. The Labute approximate surface area is 120 Å². The Balaban J connectivity index is 2.01. The zero-order valence-electron chi connectivity index (χ0n) is 9.85. The summed E-state index contributed by atoms with van der Waals surface area (Å²) in [5.74, 6) is 0. The summed E-state index contributed by atoms with van der Waals surface area (Å²) in [7, 11) is 0. The molecule has 1 aromatic carbocycles. The van der Waals surface area contributed by atoms with Crippen LogP contribution in [0.1, 0.15) is 36.5 Å². The lowest BCUT2D eigenvalue weighted by molar-refractivity contribution is 0.493. The van der Waals surface area contributed by atoms with Gasteiger partial charge in [0.2, 0.25) is 0 Å². The van der Waals surface area contributed by atoms with E-state index in [4.69, 9.17) is 0 Å². The van der Waals surface area contributed by atoms with E-state index in [1.165, 1.54) is 9.13 Å². The number of nitrogens with one attached hydrogen (secondary N) is 1. The van der Waals surface area contributed by atoms with Crippen molar-refractivity contribution in [1.82, 2.24) is 10.3 Å². The lowest BCUT2D eigenvalue weighted by atomic mass is 10.1. The number of nitrogens with zero attached hydrogens (tertiary/aromatic N) is 1. The summed E-state index contributed by atoms with van der Waals surface area (Å²) in [4.78, 5) is 4.33. The third-order valence-electron chi connectivity index (χ3n) is 2.69. The average Bonchev–Trinajstić information content (AvgIpc) is 2.83. The van der Waals surface area contributed by atoms with Gasteiger partial charge in [-0.1, -0.05) is 12.1 Å². The molecular formula is C13H15IN2S. The zero-order valence-corrected chi connectivity index (χ0v) is 12.8. The average molecular weight is 358 g/mol. The maximum absolute atomic E-state index is 4.33. The Kier molecular flexibility index (Phi) is 4.53. The molecule has 0 bridgehead atoms. The fourth-order valence-corrected chi connectivity index (χ4v) is 2.76. The van der Waals surface area contributed by atoms with Crippen molar-refractivity contribution < 1.29 is 0 Å². The molecule has 0 spiro atoms. The van der Waals surface area contributed by atoms with Crippen molar-refractivity contribution in [2.75, 3.05) is 0 Å². The van der Waals surface area contributed by atoms with Crippen LogP contribution in [0.4, 0.5) is 0 Å². The molecule has 4 heteroatoms. The van der Waals surface area contributed by atoms with Gasteiger partial charge in [-0.05, 0) is 54.1 Å². The second-order valence-electron chi connectivity index (χ2n) is 4.03. The quantitative estimate of drug-likeness (QED) is 0.831. The van der Waals surface area contributed by atoms with E-state index in [-0.39, 0.29) is 0 Å². The highest BCUT2D eigenvalue weighted by atomic mass is 127. The van der Waals surface area contributed by atoms with Gasteiger partial charge in [0.25, 0.3) is 0 Å². The standard InChI is InChI=1S/C13H15IN2S/c1-9(11-3-5-12(14)6-4-11)16-10(2)13-15-7-8-17-13/h3-10,16H,1-2H3. The van der Waals surface area contributed by atoms with Gasteiger partial charge in [-0.3, -0.25) is 0 Å². The van der Waals surface area contributed by atoms with Crippen LogP contribution in [0.2, 0.25) is 0 Å². The molecule has 0 aliphatic carbocycles. The van der Waals surface area contributed by atoms with Crippen LogP contribution in [0.5, 0.6) is 0 Å². The maximum Gasteiger partial charge on any atom is 0.109 e. The molecular weight excluding hydrogens is 343 g/mol. The van der Waals surface area contributed by atoms with Crippen molar-refractivity contribution in [3.8, 4) is 0 Å². The number of aromatic nitrogens is 1. The molecule has 2 nitrogen and oxygen atoms in total. The van der Waals surface area contributed by atoms with Crippen LogP contribution in [0, 0.1) is 3.57 Å². The summed E-state index contributed by atoms with van der Waals surface area (Å²) in [6, 6.07) is 9.27. The molecule has 1 N–H and O–H groups in total. The van der Waals surface area contributed by atoms with Crippen LogP contribution in [-0.4, -0.2) is 4.98 Å². The van der Waals surface area contributed by atoms with Gasteiger partial charge in [-0.15, -0.1) is 11.3 Å². The molecule has 1 heterocycles. The topological polar surface area (TPSA) is 24.9 Å². The fourth-order valence-electron chi connectivity index (χ4n) is 1.74. The van der Waals surface area contributed by atoms with E-state index in [1.807, 2.05) is 11.6 Å². The summed E-state index contributed by atoms with van der Waals surface area (Å²) >= 11 is 4.02. The third kappa shape index (κ3) is 3.50. The fraction of sp³-hybridized carbons (Fsp3) is 0.308. The van der Waals surface area contributed by atoms with Crippen LogP contribution >= 0.6 is 33.9 Å². The molecule has 90 valence electrons. The highest BCUT2D eigenvalue weighted by molar-refractivity contribution is 14.1. The Morgan fingerprint density at radius 2 is 1.88 bits per heavy atom. The largest absolute Gasteiger partial charge is 0.302 e. The van der Waals surface area contributed by atoms with Crippen LogP contribution in [0.25, 0.3) is 0 Å². The predicted molar refractivity (Wildman–Crippen MR) is 81.2 cm³/mol. The molecule has 0 aliphatic rings. The monoisotopic (exact) mass is 358 g/mol.